The summed E-state index contributed by atoms with van der Waals surface area (Å²) in [6.07, 6.45) is 0. The van der Waals surface area contributed by atoms with Crippen LogP contribution in [0.1, 0.15) is 4.88 Å². The van der Waals surface area contributed by atoms with Crippen molar-refractivity contribution in [1.82, 2.24) is 0 Å². The van der Waals surface area contributed by atoms with Crippen LogP contribution in [0.5, 0.6) is 0 Å². The average molecular weight is 176 g/mol. The first-order chi connectivity index (χ1) is 4.83. The lowest BCUT2D eigenvalue weighted by Crippen LogP contribution is -1.84. The van der Waals surface area contributed by atoms with Crippen LogP contribution in [0, 0.1) is 0 Å². The van der Waals surface area contributed by atoms with E-state index in [2.05, 4.69) is 4.74 Å². The summed E-state index contributed by atoms with van der Waals surface area (Å²) >= 11 is 6.99. The molecular formula is C6H4ClO2S. The van der Waals surface area contributed by atoms with E-state index in [4.69, 9.17) is 11.6 Å². The van der Waals surface area contributed by atoms with Gasteiger partial charge in [0.15, 0.2) is 0 Å². The highest BCUT2D eigenvalue weighted by Gasteiger charge is 1.96. The van der Waals surface area contributed by atoms with Gasteiger partial charge >= 0.3 is 6.47 Å². The summed E-state index contributed by atoms with van der Waals surface area (Å²) in [7, 11) is 0. The minimum absolute atomic E-state index is 0.265. The Morgan fingerprint density at radius 2 is 2.50 bits per heavy atom. The zero-order valence-electron chi connectivity index (χ0n) is 4.96. The maximum absolute atomic E-state index is 9.61. The number of rotatable bonds is 3. The third kappa shape index (κ3) is 2.01. The number of halogens is 1. The van der Waals surface area contributed by atoms with Crippen LogP contribution >= 0.6 is 22.9 Å². The predicted octanol–water partition coefficient (Wildman–Crippen LogP) is 1.99. The van der Waals surface area contributed by atoms with Gasteiger partial charge in [0.05, 0.1) is 4.34 Å². The van der Waals surface area contributed by atoms with Gasteiger partial charge in [-0.05, 0) is 12.1 Å². The fourth-order valence-electron chi connectivity index (χ4n) is 0.530. The summed E-state index contributed by atoms with van der Waals surface area (Å²) in [4.78, 5) is 10.5. The minimum atomic E-state index is 0.265. The molecule has 0 saturated heterocycles. The third-order valence-corrected chi connectivity index (χ3v) is 2.11. The first kappa shape index (κ1) is 7.57. The van der Waals surface area contributed by atoms with E-state index < -0.39 is 0 Å². The van der Waals surface area contributed by atoms with Crippen LogP contribution in [-0.2, 0) is 16.1 Å². The number of hydrogen-bond acceptors (Lipinski definition) is 3. The van der Waals surface area contributed by atoms with Crippen molar-refractivity contribution >= 4 is 29.4 Å². The summed E-state index contributed by atoms with van der Waals surface area (Å²) < 4.78 is 5.08. The molecule has 2 nitrogen and oxygen atoms in total. The maximum Gasteiger partial charge on any atom is 0.417 e. The second-order valence-corrected chi connectivity index (χ2v) is 3.38. The van der Waals surface area contributed by atoms with E-state index in [1.54, 1.807) is 6.07 Å². The molecule has 1 aromatic heterocycles. The Bertz CT molecular complexity index is 221. The second-order valence-electron chi connectivity index (χ2n) is 1.58. The average Bonchev–Trinajstić information content (AvgIpc) is 2.31. The highest BCUT2D eigenvalue weighted by Crippen LogP contribution is 2.21. The summed E-state index contributed by atoms with van der Waals surface area (Å²) in [6, 6.07) is 3.57. The van der Waals surface area contributed by atoms with Crippen molar-refractivity contribution in [3.8, 4) is 0 Å². The van der Waals surface area contributed by atoms with Gasteiger partial charge in [0.2, 0.25) is 0 Å². The summed E-state index contributed by atoms with van der Waals surface area (Å²) in [5.74, 6) is 0. The van der Waals surface area contributed by atoms with E-state index in [0.717, 1.165) is 4.88 Å². The molecule has 4 heteroatoms. The standard InChI is InChI=1S/C6H4ClO2S/c7-6-2-1-5(10-6)3-9-4-8/h1-2H,3H2. The molecule has 10 heavy (non-hydrogen) atoms. The van der Waals surface area contributed by atoms with Crippen LogP contribution < -0.4 is 0 Å². The van der Waals surface area contributed by atoms with Gasteiger partial charge in [0, 0.05) is 4.88 Å². The van der Waals surface area contributed by atoms with Crippen LogP contribution in [0.3, 0.4) is 0 Å². The normalized spacial score (nSPS) is 9.30. The molecule has 0 aliphatic heterocycles. The lowest BCUT2D eigenvalue weighted by molar-refractivity contribution is 0.270. The van der Waals surface area contributed by atoms with Crippen molar-refractivity contribution in [2.45, 2.75) is 6.61 Å². The largest absolute Gasteiger partial charge is 0.452 e. The highest BCUT2D eigenvalue weighted by atomic mass is 35.5. The molecule has 0 aromatic carbocycles. The van der Waals surface area contributed by atoms with Gasteiger partial charge in [0.1, 0.15) is 6.61 Å². The molecule has 0 fully saturated rings. The summed E-state index contributed by atoms with van der Waals surface area (Å²) in [5.41, 5.74) is 0. The van der Waals surface area contributed by atoms with Crippen LogP contribution in [0.15, 0.2) is 12.1 Å². The molecule has 0 amide bonds. The summed E-state index contributed by atoms with van der Waals surface area (Å²) in [5, 5.41) is 0. The molecule has 0 atom stereocenters. The van der Waals surface area contributed by atoms with Crippen molar-refractivity contribution in [1.29, 1.82) is 0 Å². The first-order valence-corrected chi connectivity index (χ1v) is 3.75. The zero-order chi connectivity index (χ0) is 7.40. The van der Waals surface area contributed by atoms with E-state index in [0.29, 0.717) is 4.34 Å². The second kappa shape index (κ2) is 3.58. The minimum Gasteiger partial charge on any atom is -0.452 e. The Balaban J connectivity index is 2.49. The van der Waals surface area contributed by atoms with Crippen LogP contribution in [0.2, 0.25) is 4.34 Å². The van der Waals surface area contributed by atoms with Gasteiger partial charge in [-0.3, -0.25) is 0 Å². The lowest BCUT2D eigenvalue weighted by atomic mass is 10.5. The van der Waals surface area contributed by atoms with Gasteiger partial charge in [-0.1, -0.05) is 11.6 Å². The fraction of sp³-hybridized carbons (Fsp3) is 0.167. The monoisotopic (exact) mass is 175 g/mol. The molecule has 0 bridgehead atoms. The molecule has 1 aromatic rings. The smallest absolute Gasteiger partial charge is 0.417 e. The molecule has 0 aliphatic rings. The van der Waals surface area contributed by atoms with Gasteiger partial charge in [-0.25, -0.2) is 4.79 Å². The molecule has 0 spiro atoms. The van der Waals surface area contributed by atoms with Gasteiger partial charge in [-0.2, -0.15) is 0 Å². The molecule has 0 saturated carbocycles. The molecule has 0 N–H and O–H groups in total. The number of ether oxygens (including phenoxy) is 1. The Morgan fingerprint density at radius 3 is 3.00 bits per heavy atom. The Labute approximate surface area is 67.4 Å². The highest BCUT2D eigenvalue weighted by molar-refractivity contribution is 7.16. The Kier molecular flexibility index (Phi) is 2.71. The quantitative estimate of drug-likeness (QED) is 0.702. The molecular weight excluding hydrogens is 172 g/mol. The fourth-order valence-corrected chi connectivity index (χ4v) is 1.53. The molecule has 1 rings (SSSR count). The number of thiophene rings is 1. The van der Waals surface area contributed by atoms with Crippen molar-refractivity contribution in [3.63, 3.8) is 0 Å². The Hall–Kier alpha value is -0.540. The molecule has 53 valence electrons. The van der Waals surface area contributed by atoms with E-state index in [9.17, 15) is 4.79 Å². The maximum atomic E-state index is 9.61. The van der Waals surface area contributed by atoms with Gasteiger partial charge < -0.3 is 4.74 Å². The topological polar surface area (TPSA) is 26.3 Å². The number of hydrogen-bond donors (Lipinski definition) is 0. The van der Waals surface area contributed by atoms with Gasteiger partial charge in [-0.15, -0.1) is 11.3 Å². The van der Waals surface area contributed by atoms with Crippen molar-refractivity contribution in [2.75, 3.05) is 0 Å². The van der Waals surface area contributed by atoms with Crippen molar-refractivity contribution < 1.29 is 9.53 Å². The van der Waals surface area contributed by atoms with E-state index in [1.807, 2.05) is 6.07 Å². The Morgan fingerprint density at radius 1 is 1.70 bits per heavy atom. The summed E-state index contributed by atoms with van der Waals surface area (Å²) in [6.45, 7) is 1.60. The van der Waals surface area contributed by atoms with E-state index in [1.165, 1.54) is 17.8 Å². The van der Waals surface area contributed by atoms with E-state index in [-0.39, 0.29) is 6.61 Å². The third-order valence-electron chi connectivity index (χ3n) is 0.902. The molecule has 0 aliphatic carbocycles. The molecule has 1 heterocycles. The first-order valence-electron chi connectivity index (χ1n) is 2.56. The van der Waals surface area contributed by atoms with Crippen molar-refractivity contribution in [2.24, 2.45) is 0 Å². The lowest BCUT2D eigenvalue weighted by Gasteiger charge is -1.89. The van der Waals surface area contributed by atoms with E-state index >= 15 is 0 Å². The van der Waals surface area contributed by atoms with Crippen LogP contribution in [0.25, 0.3) is 0 Å². The zero-order valence-corrected chi connectivity index (χ0v) is 6.54. The SMILES string of the molecule is O=[C]OCc1ccc(Cl)s1. The molecule has 1 radical (unpaired) electrons. The predicted molar refractivity (Wildman–Crippen MR) is 39.8 cm³/mol. The van der Waals surface area contributed by atoms with Crippen molar-refractivity contribution in [3.05, 3.63) is 21.3 Å². The number of carbonyl (C=O) groups excluding carboxylic acids is 1. The van der Waals surface area contributed by atoms with Crippen LogP contribution in [0.4, 0.5) is 0 Å². The van der Waals surface area contributed by atoms with Gasteiger partial charge in [0.25, 0.3) is 0 Å². The molecule has 0 unspecified atom stereocenters. The van der Waals surface area contributed by atoms with Crippen LogP contribution in [-0.4, -0.2) is 6.47 Å².